The topological polar surface area (TPSA) is 90.4 Å². The van der Waals surface area contributed by atoms with Crippen molar-refractivity contribution in [2.75, 3.05) is 12.3 Å². The van der Waals surface area contributed by atoms with Gasteiger partial charge < -0.3 is 15.6 Å². The first kappa shape index (κ1) is 10.6. The minimum Gasteiger partial charge on any atom is -0.394 e. The monoisotopic (exact) mass is 275 g/mol. The fraction of sp³-hybridized carbons (Fsp3) is 0.500. The van der Waals surface area contributed by atoms with E-state index < -0.39 is 5.69 Å². The van der Waals surface area contributed by atoms with Gasteiger partial charge in [0, 0.05) is 12.1 Å². The van der Waals surface area contributed by atoms with Crippen LogP contribution in [0.4, 0.5) is 5.82 Å². The number of anilines is 1. The van der Waals surface area contributed by atoms with Gasteiger partial charge in [-0.1, -0.05) is 0 Å². The normalized spacial score (nSPS) is 20.0. The number of ether oxygens (including phenoxy) is 1. The number of nitrogen functional groups attached to an aromatic ring is 1. The minimum atomic E-state index is -0.429. The molecule has 82 valence electrons. The quantitative estimate of drug-likeness (QED) is 0.720. The third-order valence-electron chi connectivity index (χ3n) is 2.32. The van der Waals surface area contributed by atoms with E-state index in [0.717, 1.165) is 5.69 Å². The molecule has 2 rings (SSSR count). The minimum absolute atomic E-state index is 0.0805. The second kappa shape index (κ2) is 3.92. The Morgan fingerprint density at radius 1 is 1.73 bits per heavy atom. The van der Waals surface area contributed by atoms with Gasteiger partial charge in [0.1, 0.15) is 12.5 Å². The lowest BCUT2D eigenvalue weighted by molar-refractivity contribution is -0.0442. The molecule has 0 spiro atoms. The molecule has 0 bridgehead atoms. The second-order valence-corrected chi connectivity index (χ2v) is 4.07. The Balaban J connectivity index is 2.52. The van der Waals surface area contributed by atoms with Gasteiger partial charge in [0.2, 0.25) is 0 Å². The average molecular weight is 276 g/mol. The third-order valence-corrected chi connectivity index (χ3v) is 3.18. The Morgan fingerprint density at radius 3 is 3.13 bits per heavy atom. The summed E-state index contributed by atoms with van der Waals surface area (Å²) in [4.78, 5) is 15.1. The molecule has 1 aromatic heterocycles. The van der Waals surface area contributed by atoms with E-state index in [1.165, 1.54) is 4.57 Å². The summed E-state index contributed by atoms with van der Waals surface area (Å²) in [5, 5.41) is 8.97. The van der Waals surface area contributed by atoms with Crippen LogP contribution in [0.2, 0.25) is 0 Å². The first-order valence-electron chi connectivity index (χ1n) is 4.40. The number of nitrogens with zero attached hydrogens (tertiary/aromatic N) is 2. The van der Waals surface area contributed by atoms with Gasteiger partial charge in [0.25, 0.3) is 0 Å². The molecule has 3 N–H and O–H groups in total. The van der Waals surface area contributed by atoms with Crippen LogP contribution >= 0.6 is 15.9 Å². The van der Waals surface area contributed by atoms with Gasteiger partial charge in [-0.05, 0) is 15.9 Å². The third kappa shape index (κ3) is 1.77. The van der Waals surface area contributed by atoms with Gasteiger partial charge in [0.15, 0.2) is 0 Å². The predicted octanol–water partition coefficient (Wildman–Crippen LogP) is -0.521. The summed E-state index contributed by atoms with van der Waals surface area (Å²) in [6.07, 6.45) is 0.154. The van der Waals surface area contributed by atoms with Crippen molar-refractivity contribution in [2.24, 2.45) is 0 Å². The molecular weight excluding hydrogens is 266 g/mol. The van der Waals surface area contributed by atoms with Crippen LogP contribution in [0.5, 0.6) is 0 Å². The van der Waals surface area contributed by atoms with E-state index in [-0.39, 0.29) is 25.3 Å². The Labute approximate surface area is 93.8 Å². The van der Waals surface area contributed by atoms with Gasteiger partial charge in [0.05, 0.1) is 17.2 Å². The molecule has 0 fully saturated rings. The van der Waals surface area contributed by atoms with Crippen LogP contribution in [0.1, 0.15) is 5.69 Å². The van der Waals surface area contributed by atoms with E-state index in [0.29, 0.717) is 10.9 Å². The molecular formula is C8H10BrN3O3. The summed E-state index contributed by atoms with van der Waals surface area (Å²) in [6, 6.07) is 0. The SMILES string of the molecule is Nc1nc(=O)n2c(c1Br)CC(CO)OC2. The van der Waals surface area contributed by atoms with E-state index in [1.54, 1.807) is 0 Å². The van der Waals surface area contributed by atoms with E-state index in [2.05, 4.69) is 20.9 Å². The average Bonchev–Trinajstić information content (AvgIpc) is 2.25. The van der Waals surface area contributed by atoms with E-state index >= 15 is 0 Å². The largest absolute Gasteiger partial charge is 0.394 e. The van der Waals surface area contributed by atoms with Crippen molar-refractivity contribution in [2.45, 2.75) is 19.3 Å². The summed E-state index contributed by atoms with van der Waals surface area (Å²) in [5.74, 6) is 0.171. The maximum atomic E-state index is 11.4. The highest BCUT2D eigenvalue weighted by molar-refractivity contribution is 9.10. The van der Waals surface area contributed by atoms with Gasteiger partial charge in [-0.2, -0.15) is 4.98 Å². The first-order chi connectivity index (χ1) is 7.13. The summed E-state index contributed by atoms with van der Waals surface area (Å²) >= 11 is 3.27. The molecule has 1 aliphatic heterocycles. The molecule has 0 aromatic carbocycles. The van der Waals surface area contributed by atoms with Crippen LogP contribution in [0, 0.1) is 0 Å². The summed E-state index contributed by atoms with van der Waals surface area (Å²) < 4.78 is 7.24. The van der Waals surface area contributed by atoms with Crippen molar-refractivity contribution in [1.82, 2.24) is 9.55 Å². The summed E-state index contributed by atoms with van der Waals surface area (Å²) in [6.45, 7) is 0.0220. The van der Waals surface area contributed by atoms with Crippen molar-refractivity contribution < 1.29 is 9.84 Å². The van der Waals surface area contributed by atoms with Crippen LogP contribution in [0.3, 0.4) is 0 Å². The van der Waals surface area contributed by atoms with Crippen molar-refractivity contribution >= 4 is 21.7 Å². The number of aromatic nitrogens is 2. The predicted molar refractivity (Wildman–Crippen MR) is 56.3 cm³/mol. The van der Waals surface area contributed by atoms with Crippen LogP contribution in [-0.2, 0) is 17.9 Å². The van der Waals surface area contributed by atoms with Crippen LogP contribution in [0.25, 0.3) is 0 Å². The molecule has 15 heavy (non-hydrogen) atoms. The zero-order valence-electron chi connectivity index (χ0n) is 7.81. The molecule has 0 saturated heterocycles. The van der Waals surface area contributed by atoms with Gasteiger partial charge in [-0.25, -0.2) is 4.79 Å². The Hall–Kier alpha value is -0.920. The van der Waals surface area contributed by atoms with Gasteiger partial charge in [-0.15, -0.1) is 0 Å². The first-order valence-corrected chi connectivity index (χ1v) is 5.20. The highest BCUT2D eigenvalue weighted by Crippen LogP contribution is 2.24. The fourth-order valence-corrected chi connectivity index (χ4v) is 1.96. The molecule has 6 nitrogen and oxygen atoms in total. The molecule has 7 heteroatoms. The van der Waals surface area contributed by atoms with Gasteiger partial charge in [-0.3, -0.25) is 4.57 Å². The van der Waals surface area contributed by atoms with E-state index in [1.807, 2.05) is 0 Å². The Bertz CT molecular complexity index is 445. The molecule has 0 saturated carbocycles. The van der Waals surface area contributed by atoms with Crippen LogP contribution < -0.4 is 11.4 Å². The van der Waals surface area contributed by atoms with E-state index in [4.69, 9.17) is 15.6 Å². The molecule has 1 aliphatic rings. The molecule has 0 amide bonds. The number of aliphatic hydroxyl groups is 1. The molecule has 0 radical (unpaired) electrons. The van der Waals surface area contributed by atoms with Crippen molar-refractivity contribution in [3.63, 3.8) is 0 Å². The number of hydrogen-bond donors (Lipinski definition) is 2. The molecule has 2 heterocycles. The molecule has 1 atom stereocenters. The fourth-order valence-electron chi connectivity index (χ4n) is 1.50. The van der Waals surface area contributed by atoms with Crippen LogP contribution in [0.15, 0.2) is 9.27 Å². The van der Waals surface area contributed by atoms with Crippen LogP contribution in [-0.4, -0.2) is 27.4 Å². The maximum absolute atomic E-state index is 11.4. The molecule has 1 unspecified atom stereocenters. The Morgan fingerprint density at radius 2 is 2.47 bits per heavy atom. The lowest BCUT2D eigenvalue weighted by Gasteiger charge is -2.25. The smallest absolute Gasteiger partial charge is 0.351 e. The number of nitrogens with two attached hydrogens (primary N) is 1. The summed E-state index contributed by atoms with van der Waals surface area (Å²) in [5.41, 5.74) is 5.85. The van der Waals surface area contributed by atoms with Crippen molar-refractivity contribution in [3.8, 4) is 0 Å². The Kier molecular flexibility index (Phi) is 2.76. The number of aliphatic hydroxyl groups excluding tert-OH is 1. The number of rotatable bonds is 1. The highest BCUT2D eigenvalue weighted by Gasteiger charge is 2.23. The van der Waals surface area contributed by atoms with Crippen molar-refractivity contribution in [1.29, 1.82) is 0 Å². The maximum Gasteiger partial charge on any atom is 0.351 e. The standard InChI is InChI=1S/C8H10BrN3O3/c9-6-5-1-4(2-13)15-3-12(5)8(14)11-7(6)10/h4,13H,1-3H2,(H2,10,11,14). The zero-order valence-corrected chi connectivity index (χ0v) is 9.40. The highest BCUT2D eigenvalue weighted by atomic mass is 79.9. The number of fused-ring (bicyclic) bond motifs is 1. The van der Waals surface area contributed by atoms with E-state index in [9.17, 15) is 4.79 Å². The molecule has 0 aliphatic carbocycles. The number of hydrogen-bond acceptors (Lipinski definition) is 5. The zero-order chi connectivity index (χ0) is 11.0. The lowest BCUT2D eigenvalue weighted by Crippen LogP contribution is -2.37. The van der Waals surface area contributed by atoms with Gasteiger partial charge >= 0.3 is 5.69 Å². The second-order valence-electron chi connectivity index (χ2n) is 3.27. The summed E-state index contributed by atoms with van der Waals surface area (Å²) in [7, 11) is 0. The lowest BCUT2D eigenvalue weighted by atomic mass is 10.1. The molecule has 1 aromatic rings. The van der Waals surface area contributed by atoms with Crippen molar-refractivity contribution in [3.05, 3.63) is 20.7 Å². The number of halogens is 1.